The standard InChI is InChI=1S/C18H18N2O2/c1-19(2)12-11-13-7-9-14(10-8-13)20-17(21)15-5-3-4-6-16(15)18(20)22/h3-10H,11-12H2,1-2H3. The molecule has 0 spiro atoms. The van der Waals surface area contributed by atoms with Crippen molar-refractivity contribution in [2.24, 2.45) is 0 Å². The van der Waals surface area contributed by atoms with E-state index in [9.17, 15) is 9.59 Å². The van der Waals surface area contributed by atoms with Crippen molar-refractivity contribution in [2.75, 3.05) is 25.5 Å². The molecule has 2 aromatic carbocycles. The molecule has 22 heavy (non-hydrogen) atoms. The second kappa shape index (κ2) is 5.73. The van der Waals surface area contributed by atoms with Crippen LogP contribution in [0.15, 0.2) is 48.5 Å². The Kier molecular flexibility index (Phi) is 3.77. The minimum Gasteiger partial charge on any atom is -0.309 e. The summed E-state index contributed by atoms with van der Waals surface area (Å²) in [6.07, 6.45) is 0.940. The van der Waals surface area contributed by atoms with Crippen molar-refractivity contribution in [3.8, 4) is 0 Å². The number of hydrogen-bond acceptors (Lipinski definition) is 3. The number of likely N-dealkylation sites (N-methyl/N-ethyl adjacent to an activating group) is 1. The molecule has 0 aliphatic carbocycles. The van der Waals surface area contributed by atoms with Gasteiger partial charge in [-0.15, -0.1) is 0 Å². The minimum absolute atomic E-state index is 0.248. The summed E-state index contributed by atoms with van der Waals surface area (Å²) >= 11 is 0. The van der Waals surface area contributed by atoms with Crippen molar-refractivity contribution >= 4 is 17.5 Å². The van der Waals surface area contributed by atoms with E-state index in [0.717, 1.165) is 13.0 Å². The van der Waals surface area contributed by atoms with Crippen molar-refractivity contribution in [1.82, 2.24) is 4.90 Å². The third-order valence-electron chi connectivity index (χ3n) is 3.84. The maximum Gasteiger partial charge on any atom is 0.266 e. The van der Waals surface area contributed by atoms with Gasteiger partial charge in [0.2, 0.25) is 0 Å². The average Bonchev–Trinajstić information content (AvgIpc) is 2.78. The van der Waals surface area contributed by atoms with Gasteiger partial charge in [0.05, 0.1) is 16.8 Å². The summed E-state index contributed by atoms with van der Waals surface area (Å²) in [5.41, 5.74) is 2.77. The maximum absolute atomic E-state index is 12.4. The van der Waals surface area contributed by atoms with Crippen LogP contribution in [-0.2, 0) is 6.42 Å². The first-order valence-corrected chi connectivity index (χ1v) is 7.29. The Balaban J connectivity index is 1.84. The molecular formula is C18H18N2O2. The zero-order valence-electron chi connectivity index (χ0n) is 12.7. The lowest BCUT2D eigenvalue weighted by Crippen LogP contribution is -2.29. The highest BCUT2D eigenvalue weighted by atomic mass is 16.2. The Labute approximate surface area is 130 Å². The van der Waals surface area contributed by atoms with Crippen LogP contribution < -0.4 is 4.90 Å². The summed E-state index contributed by atoms with van der Waals surface area (Å²) < 4.78 is 0. The number of hydrogen-bond donors (Lipinski definition) is 0. The van der Waals surface area contributed by atoms with Gasteiger partial charge in [-0.2, -0.15) is 0 Å². The molecule has 2 amide bonds. The largest absolute Gasteiger partial charge is 0.309 e. The highest BCUT2D eigenvalue weighted by molar-refractivity contribution is 6.34. The van der Waals surface area contributed by atoms with Crippen molar-refractivity contribution in [3.63, 3.8) is 0 Å². The highest BCUT2D eigenvalue weighted by Crippen LogP contribution is 2.28. The third kappa shape index (κ3) is 2.53. The normalized spacial score (nSPS) is 13.9. The number of amides is 2. The summed E-state index contributed by atoms with van der Waals surface area (Å²) in [5, 5.41) is 0. The number of carbonyl (C=O) groups excluding carboxylic acids is 2. The van der Waals surface area contributed by atoms with Crippen LogP contribution in [0, 0.1) is 0 Å². The first-order chi connectivity index (χ1) is 10.6. The third-order valence-corrected chi connectivity index (χ3v) is 3.84. The van der Waals surface area contributed by atoms with Crippen LogP contribution in [0.4, 0.5) is 5.69 Å². The number of anilines is 1. The molecule has 0 bridgehead atoms. The topological polar surface area (TPSA) is 40.6 Å². The molecule has 1 heterocycles. The van der Waals surface area contributed by atoms with E-state index in [4.69, 9.17) is 0 Å². The summed E-state index contributed by atoms with van der Waals surface area (Å²) in [4.78, 5) is 28.2. The summed E-state index contributed by atoms with van der Waals surface area (Å²) in [6.45, 7) is 0.965. The van der Waals surface area contributed by atoms with E-state index >= 15 is 0 Å². The SMILES string of the molecule is CN(C)CCc1ccc(N2C(=O)c3ccccc3C2=O)cc1. The molecule has 4 heteroatoms. The predicted molar refractivity (Wildman–Crippen MR) is 86.3 cm³/mol. The van der Waals surface area contributed by atoms with E-state index in [2.05, 4.69) is 4.90 Å². The number of fused-ring (bicyclic) bond motifs is 1. The van der Waals surface area contributed by atoms with E-state index in [0.29, 0.717) is 16.8 Å². The average molecular weight is 294 g/mol. The van der Waals surface area contributed by atoms with Gasteiger partial charge in [-0.25, -0.2) is 4.90 Å². The molecule has 0 aromatic heterocycles. The van der Waals surface area contributed by atoms with Gasteiger partial charge in [-0.1, -0.05) is 24.3 Å². The van der Waals surface area contributed by atoms with Crippen LogP contribution in [0.5, 0.6) is 0 Å². The van der Waals surface area contributed by atoms with Gasteiger partial charge in [0.25, 0.3) is 11.8 Å². The molecule has 0 N–H and O–H groups in total. The Morgan fingerprint density at radius 1 is 0.864 bits per heavy atom. The van der Waals surface area contributed by atoms with E-state index in [1.54, 1.807) is 24.3 Å². The monoisotopic (exact) mass is 294 g/mol. The van der Waals surface area contributed by atoms with Crippen LogP contribution >= 0.6 is 0 Å². The van der Waals surface area contributed by atoms with Crippen molar-refractivity contribution < 1.29 is 9.59 Å². The summed E-state index contributed by atoms with van der Waals surface area (Å²) in [7, 11) is 4.07. The molecule has 112 valence electrons. The number of imide groups is 1. The van der Waals surface area contributed by atoms with Crippen LogP contribution in [0.3, 0.4) is 0 Å². The van der Waals surface area contributed by atoms with E-state index in [-0.39, 0.29) is 11.8 Å². The quantitative estimate of drug-likeness (QED) is 0.814. The van der Waals surface area contributed by atoms with E-state index < -0.39 is 0 Å². The van der Waals surface area contributed by atoms with Gasteiger partial charge in [-0.3, -0.25) is 9.59 Å². The molecule has 4 nitrogen and oxygen atoms in total. The molecule has 0 saturated heterocycles. The zero-order valence-corrected chi connectivity index (χ0v) is 12.7. The van der Waals surface area contributed by atoms with Gasteiger partial charge in [-0.05, 0) is 50.3 Å². The maximum atomic E-state index is 12.4. The second-order valence-corrected chi connectivity index (χ2v) is 5.71. The molecule has 0 saturated carbocycles. The number of benzene rings is 2. The molecule has 0 fully saturated rings. The molecule has 2 aromatic rings. The van der Waals surface area contributed by atoms with E-state index in [1.807, 2.05) is 38.4 Å². The van der Waals surface area contributed by atoms with E-state index in [1.165, 1.54) is 10.5 Å². The number of nitrogens with zero attached hydrogens (tertiary/aromatic N) is 2. The lowest BCUT2D eigenvalue weighted by Gasteiger charge is -2.15. The molecule has 3 rings (SSSR count). The summed E-state index contributed by atoms with van der Waals surface area (Å²) in [5.74, 6) is -0.497. The molecule has 1 aliphatic heterocycles. The Morgan fingerprint density at radius 3 is 1.91 bits per heavy atom. The smallest absolute Gasteiger partial charge is 0.266 e. The number of rotatable bonds is 4. The van der Waals surface area contributed by atoms with Gasteiger partial charge < -0.3 is 4.90 Å². The predicted octanol–water partition coefficient (Wildman–Crippen LogP) is 2.59. The Hall–Kier alpha value is -2.46. The Morgan fingerprint density at radius 2 is 1.41 bits per heavy atom. The number of carbonyl (C=O) groups is 2. The second-order valence-electron chi connectivity index (χ2n) is 5.71. The highest BCUT2D eigenvalue weighted by Gasteiger charge is 2.36. The summed E-state index contributed by atoms with van der Waals surface area (Å²) in [6, 6.07) is 14.6. The molecule has 1 aliphatic rings. The fourth-order valence-corrected chi connectivity index (χ4v) is 2.59. The minimum atomic E-state index is -0.248. The van der Waals surface area contributed by atoms with Crippen molar-refractivity contribution in [2.45, 2.75) is 6.42 Å². The zero-order chi connectivity index (χ0) is 15.7. The van der Waals surface area contributed by atoms with Gasteiger partial charge in [0.1, 0.15) is 0 Å². The van der Waals surface area contributed by atoms with Gasteiger partial charge in [0.15, 0.2) is 0 Å². The van der Waals surface area contributed by atoms with Crippen molar-refractivity contribution in [1.29, 1.82) is 0 Å². The Bertz CT molecular complexity index is 685. The van der Waals surface area contributed by atoms with Crippen LogP contribution in [0.2, 0.25) is 0 Å². The molecule has 0 atom stereocenters. The molecule has 0 radical (unpaired) electrons. The van der Waals surface area contributed by atoms with Crippen LogP contribution in [0.25, 0.3) is 0 Å². The molecular weight excluding hydrogens is 276 g/mol. The first-order valence-electron chi connectivity index (χ1n) is 7.29. The first kappa shape index (κ1) is 14.5. The van der Waals surface area contributed by atoms with Crippen LogP contribution in [0.1, 0.15) is 26.3 Å². The molecule has 0 unspecified atom stereocenters. The van der Waals surface area contributed by atoms with Gasteiger partial charge in [0, 0.05) is 6.54 Å². The fraction of sp³-hybridized carbons (Fsp3) is 0.222. The van der Waals surface area contributed by atoms with Crippen LogP contribution in [-0.4, -0.2) is 37.4 Å². The van der Waals surface area contributed by atoms with Crippen molar-refractivity contribution in [3.05, 3.63) is 65.2 Å². The lowest BCUT2D eigenvalue weighted by molar-refractivity contribution is 0.0926. The van der Waals surface area contributed by atoms with Gasteiger partial charge >= 0.3 is 0 Å². The lowest BCUT2D eigenvalue weighted by atomic mass is 10.1. The fourth-order valence-electron chi connectivity index (χ4n) is 2.59.